The third kappa shape index (κ3) is 7.29. The summed E-state index contributed by atoms with van der Waals surface area (Å²) in [7, 11) is 0. The number of halogens is 2. The molecule has 114 valence electrons. The van der Waals surface area contributed by atoms with Gasteiger partial charge in [-0.15, -0.1) is 5.10 Å². The van der Waals surface area contributed by atoms with Crippen LogP contribution in [0.25, 0.3) is 0 Å². The van der Waals surface area contributed by atoms with Gasteiger partial charge in [0.15, 0.2) is 0 Å². The van der Waals surface area contributed by atoms with Crippen LogP contribution in [0.3, 0.4) is 0 Å². The van der Waals surface area contributed by atoms with Crippen molar-refractivity contribution >= 4 is 17.6 Å². The van der Waals surface area contributed by atoms with Crippen LogP contribution in [-0.2, 0) is 11.3 Å². The first-order chi connectivity index (χ1) is 9.18. The van der Waals surface area contributed by atoms with E-state index >= 15 is 0 Å². The quantitative estimate of drug-likeness (QED) is 0.838. The molecule has 6 nitrogen and oxygen atoms in total. The van der Waals surface area contributed by atoms with Gasteiger partial charge in [0.1, 0.15) is 5.60 Å². The lowest BCUT2D eigenvalue weighted by Crippen LogP contribution is -2.44. The summed E-state index contributed by atoms with van der Waals surface area (Å²) in [5.41, 5.74) is -0.110. The molecule has 20 heavy (non-hydrogen) atoms. The van der Waals surface area contributed by atoms with E-state index in [0.29, 0.717) is 5.69 Å². The van der Waals surface area contributed by atoms with Gasteiger partial charge >= 0.3 is 6.09 Å². The Hall–Kier alpha value is -1.35. The highest BCUT2D eigenvalue weighted by molar-refractivity contribution is 7.03. The number of hydrogen-bond donors (Lipinski definition) is 2. The molecule has 0 atom stereocenters. The minimum atomic E-state index is -3.07. The first-order valence-corrected chi connectivity index (χ1v) is 6.83. The number of alkyl carbamates (subject to hydrolysis) is 1. The summed E-state index contributed by atoms with van der Waals surface area (Å²) >= 11 is 1.15. The fraction of sp³-hybridized carbons (Fsp3) is 0.727. The molecule has 2 N–H and O–H groups in total. The zero-order valence-corrected chi connectivity index (χ0v) is 12.4. The van der Waals surface area contributed by atoms with Crippen LogP contribution in [0, 0.1) is 0 Å². The molecule has 0 aliphatic heterocycles. The highest BCUT2D eigenvalue weighted by Gasteiger charge is 2.30. The summed E-state index contributed by atoms with van der Waals surface area (Å²) in [6, 6.07) is 0. The van der Waals surface area contributed by atoms with Gasteiger partial charge in [0.25, 0.3) is 5.92 Å². The third-order valence-electron chi connectivity index (χ3n) is 1.99. The number of ether oxygens (including phenoxy) is 1. The first-order valence-electron chi connectivity index (χ1n) is 5.99. The van der Waals surface area contributed by atoms with Crippen LogP contribution in [0.15, 0.2) is 5.38 Å². The number of rotatable bonds is 6. The molecule has 0 aliphatic rings. The van der Waals surface area contributed by atoms with Gasteiger partial charge in [0.2, 0.25) is 0 Å². The van der Waals surface area contributed by atoms with Gasteiger partial charge < -0.3 is 15.4 Å². The average molecular weight is 308 g/mol. The lowest BCUT2D eigenvalue weighted by atomic mass is 10.2. The van der Waals surface area contributed by atoms with Crippen molar-refractivity contribution in [1.29, 1.82) is 0 Å². The van der Waals surface area contributed by atoms with E-state index < -0.39 is 30.7 Å². The maximum atomic E-state index is 13.5. The van der Waals surface area contributed by atoms with E-state index in [2.05, 4.69) is 14.9 Å². The van der Waals surface area contributed by atoms with E-state index in [-0.39, 0.29) is 6.54 Å². The molecule has 0 aliphatic carbocycles. The van der Waals surface area contributed by atoms with Crippen LogP contribution in [0.4, 0.5) is 13.6 Å². The lowest BCUT2D eigenvalue weighted by Gasteiger charge is -2.22. The van der Waals surface area contributed by atoms with Crippen LogP contribution >= 0.6 is 11.5 Å². The Labute approximate surface area is 120 Å². The second-order valence-electron chi connectivity index (χ2n) is 5.21. The molecule has 0 spiro atoms. The predicted molar refractivity (Wildman–Crippen MR) is 70.8 cm³/mol. The van der Waals surface area contributed by atoms with Crippen LogP contribution in [0.5, 0.6) is 0 Å². The molecule has 0 unspecified atom stereocenters. The van der Waals surface area contributed by atoms with Crippen LogP contribution in [-0.4, -0.2) is 40.3 Å². The van der Waals surface area contributed by atoms with E-state index in [0.717, 1.165) is 11.5 Å². The lowest BCUT2D eigenvalue weighted by molar-refractivity contribution is -0.00381. The Bertz CT molecular complexity index is 421. The van der Waals surface area contributed by atoms with Gasteiger partial charge in [0, 0.05) is 11.9 Å². The Morgan fingerprint density at radius 1 is 1.40 bits per heavy atom. The van der Waals surface area contributed by atoms with Crippen molar-refractivity contribution in [2.24, 2.45) is 0 Å². The second kappa shape index (κ2) is 6.89. The maximum absolute atomic E-state index is 13.5. The molecule has 0 aromatic carbocycles. The molecule has 9 heteroatoms. The van der Waals surface area contributed by atoms with Gasteiger partial charge in [0.05, 0.1) is 18.8 Å². The van der Waals surface area contributed by atoms with Gasteiger partial charge in [-0.05, 0) is 32.3 Å². The van der Waals surface area contributed by atoms with Gasteiger partial charge in [-0.25, -0.2) is 13.6 Å². The van der Waals surface area contributed by atoms with Crippen molar-refractivity contribution in [2.75, 3.05) is 13.1 Å². The zero-order valence-electron chi connectivity index (χ0n) is 11.6. The highest BCUT2D eigenvalue weighted by atomic mass is 32.1. The fourth-order valence-corrected chi connectivity index (χ4v) is 1.66. The largest absolute Gasteiger partial charge is 0.444 e. The van der Waals surface area contributed by atoms with Crippen LogP contribution in [0.1, 0.15) is 26.5 Å². The Kier molecular flexibility index (Phi) is 5.75. The molecule has 1 rings (SSSR count). The normalized spacial score (nSPS) is 12.2. The SMILES string of the molecule is CC(C)(C)OC(=O)NCC(F)(F)CNCc1csnn1. The number of aromatic nitrogens is 2. The Morgan fingerprint density at radius 3 is 2.65 bits per heavy atom. The van der Waals surface area contributed by atoms with Crippen molar-refractivity contribution in [3.63, 3.8) is 0 Å². The fourth-order valence-electron chi connectivity index (χ4n) is 1.21. The number of nitrogens with zero attached hydrogens (tertiary/aromatic N) is 2. The van der Waals surface area contributed by atoms with E-state index in [1.54, 1.807) is 26.2 Å². The molecule has 0 radical (unpaired) electrons. The summed E-state index contributed by atoms with van der Waals surface area (Å²) in [5.74, 6) is -3.07. The van der Waals surface area contributed by atoms with E-state index in [9.17, 15) is 13.6 Å². The maximum Gasteiger partial charge on any atom is 0.407 e. The third-order valence-corrected chi connectivity index (χ3v) is 2.54. The number of nitrogens with one attached hydrogen (secondary N) is 2. The molecule has 0 fully saturated rings. The van der Waals surface area contributed by atoms with Gasteiger partial charge in [-0.3, -0.25) is 0 Å². The minimum Gasteiger partial charge on any atom is -0.444 e. The number of carbonyl (C=O) groups excluding carboxylic acids is 1. The van der Waals surface area contributed by atoms with Crippen molar-refractivity contribution < 1.29 is 18.3 Å². The van der Waals surface area contributed by atoms with E-state index in [4.69, 9.17) is 4.74 Å². The Balaban J connectivity index is 2.25. The van der Waals surface area contributed by atoms with Crippen LogP contribution in [0.2, 0.25) is 0 Å². The highest BCUT2D eigenvalue weighted by Crippen LogP contribution is 2.12. The van der Waals surface area contributed by atoms with Gasteiger partial charge in [-0.1, -0.05) is 4.49 Å². The zero-order chi connectivity index (χ0) is 15.2. The molecular formula is C11H18F2N4O2S. The smallest absolute Gasteiger partial charge is 0.407 e. The summed E-state index contributed by atoms with van der Waals surface area (Å²) < 4.78 is 35.5. The van der Waals surface area contributed by atoms with Crippen molar-refractivity contribution in [2.45, 2.75) is 38.8 Å². The Morgan fingerprint density at radius 2 is 2.10 bits per heavy atom. The summed E-state index contributed by atoms with van der Waals surface area (Å²) in [4.78, 5) is 11.3. The summed E-state index contributed by atoms with van der Waals surface area (Å²) in [6.07, 6.45) is -0.860. The molecule has 0 saturated heterocycles. The monoisotopic (exact) mass is 308 g/mol. The van der Waals surface area contributed by atoms with E-state index in [1.807, 2.05) is 5.32 Å². The topological polar surface area (TPSA) is 76.1 Å². The molecule has 1 aromatic rings. The number of hydrogen-bond acceptors (Lipinski definition) is 6. The average Bonchev–Trinajstić information content (AvgIpc) is 2.77. The molecule has 0 saturated carbocycles. The molecule has 1 amide bonds. The molecule has 1 heterocycles. The van der Waals surface area contributed by atoms with Crippen molar-refractivity contribution in [3.05, 3.63) is 11.1 Å². The standard InChI is InChI=1S/C11H18F2N4O2S/c1-10(2,3)19-9(18)15-7-11(12,13)6-14-4-8-5-20-17-16-8/h5,14H,4,6-7H2,1-3H3,(H,15,18). The molecule has 0 bridgehead atoms. The summed E-state index contributed by atoms with van der Waals surface area (Å²) in [6.45, 7) is 3.83. The number of alkyl halides is 2. The first kappa shape index (κ1) is 16.7. The second-order valence-corrected chi connectivity index (χ2v) is 5.82. The predicted octanol–water partition coefficient (Wildman–Crippen LogP) is 1.79. The molecule has 1 aromatic heterocycles. The summed E-state index contributed by atoms with van der Waals surface area (Å²) in [5, 5.41) is 10.0. The van der Waals surface area contributed by atoms with Crippen molar-refractivity contribution in [1.82, 2.24) is 20.2 Å². The van der Waals surface area contributed by atoms with E-state index in [1.165, 1.54) is 0 Å². The van der Waals surface area contributed by atoms with Gasteiger partial charge in [-0.2, -0.15) is 0 Å². The number of carbonyl (C=O) groups is 1. The minimum absolute atomic E-state index is 0.207. The van der Waals surface area contributed by atoms with Crippen LogP contribution < -0.4 is 10.6 Å². The number of amides is 1. The molecular weight excluding hydrogens is 290 g/mol. The van der Waals surface area contributed by atoms with Crippen molar-refractivity contribution in [3.8, 4) is 0 Å².